The molecule has 6 heteroatoms. The van der Waals surface area contributed by atoms with Crippen LogP contribution < -0.4 is 36.6 Å². The zero-order valence-corrected chi connectivity index (χ0v) is 29.1. The Bertz CT molecular complexity index is 1660. The Morgan fingerprint density at radius 2 is 0.778 bits per heavy atom. The molecule has 0 saturated carbocycles. The van der Waals surface area contributed by atoms with Crippen LogP contribution in [0.2, 0.25) is 0 Å². The van der Waals surface area contributed by atoms with E-state index >= 15 is 0 Å². The third-order valence-electron chi connectivity index (χ3n) is 7.32. The van der Waals surface area contributed by atoms with Crippen molar-refractivity contribution in [1.29, 1.82) is 0 Å². The number of benzene rings is 6. The first-order valence-electron chi connectivity index (χ1n) is 14.6. The fourth-order valence-electron chi connectivity index (χ4n) is 5.52. The predicted molar refractivity (Wildman–Crippen MR) is 201 cm³/mol. The van der Waals surface area contributed by atoms with Crippen molar-refractivity contribution in [3.8, 4) is 11.5 Å². The maximum atomic E-state index is 7.21. The summed E-state index contributed by atoms with van der Waals surface area (Å²) in [6.07, 6.45) is 0. The predicted octanol–water partition coefficient (Wildman–Crippen LogP) is 9.50. The molecule has 224 valence electrons. The summed E-state index contributed by atoms with van der Waals surface area (Å²) in [5, 5.41) is 8.03. The van der Waals surface area contributed by atoms with E-state index in [0.717, 1.165) is 11.5 Å². The van der Waals surface area contributed by atoms with Gasteiger partial charge < -0.3 is 4.74 Å². The first-order chi connectivity index (χ1) is 22.1. The summed E-state index contributed by atoms with van der Waals surface area (Å²) in [6.45, 7) is 4.41. The zero-order chi connectivity index (χ0) is 31.2. The normalized spacial score (nSPS) is 11.7. The van der Waals surface area contributed by atoms with Crippen molar-refractivity contribution in [1.82, 2.24) is 0 Å². The second-order valence-electron chi connectivity index (χ2n) is 10.5. The van der Waals surface area contributed by atoms with Crippen molar-refractivity contribution in [3.05, 3.63) is 157 Å². The Balaban J connectivity index is 0.00000115. The molecular weight excluding hydrogens is 649 g/mol. The first kappa shape index (κ1) is 31.9. The molecule has 1 heterocycles. The van der Waals surface area contributed by atoms with E-state index in [1.165, 1.54) is 52.7 Å². The molecule has 0 fully saturated rings. The van der Waals surface area contributed by atoms with E-state index in [2.05, 4.69) is 159 Å². The second kappa shape index (κ2) is 15.0. The molecule has 7 rings (SSSR count). The molecule has 0 aromatic heterocycles. The Labute approximate surface area is 283 Å². The summed E-state index contributed by atoms with van der Waals surface area (Å²) in [5.74, 6) is 2.00. The molecule has 0 atom stereocenters. The van der Waals surface area contributed by atoms with Gasteiger partial charge in [0.2, 0.25) is 0 Å². The Kier molecular flexibility index (Phi) is 10.6. The van der Waals surface area contributed by atoms with E-state index in [4.69, 9.17) is 27.9 Å². The van der Waals surface area contributed by atoms with Gasteiger partial charge in [0.25, 0.3) is 0 Å². The number of rotatable bonds is 6. The Morgan fingerprint density at radius 1 is 0.489 bits per heavy atom. The van der Waals surface area contributed by atoms with Crippen LogP contribution in [-0.4, -0.2) is 5.34 Å². The number of ether oxygens (including phenoxy) is 1. The highest BCUT2D eigenvalue weighted by atomic mass is 35.5. The van der Waals surface area contributed by atoms with Gasteiger partial charge in [0.05, 0.1) is 15.1 Å². The van der Waals surface area contributed by atoms with Crippen LogP contribution in [0.4, 0.5) is 0 Å². The molecule has 6 aromatic rings. The molecule has 0 bridgehead atoms. The molecule has 0 aliphatic carbocycles. The van der Waals surface area contributed by atoms with Crippen LogP contribution in [-0.2, 0) is 0 Å². The average Bonchev–Trinajstić information content (AvgIpc) is 3.06. The third kappa shape index (κ3) is 7.18. The molecule has 0 saturated heterocycles. The highest BCUT2D eigenvalue weighted by Crippen LogP contribution is 2.52. The summed E-state index contributed by atoms with van der Waals surface area (Å²) in [5.41, 5.74) is 2.51. The van der Waals surface area contributed by atoms with Crippen molar-refractivity contribution < 1.29 is 4.74 Å². The molecule has 1 aliphatic rings. The summed E-state index contributed by atoms with van der Waals surface area (Å²) < 4.78 is 7.21. The fraction of sp³-hybridized carbons (Fsp3) is 0.0769. The fourth-order valence-corrected chi connectivity index (χ4v) is 11.9. The van der Waals surface area contributed by atoms with Gasteiger partial charge >= 0.3 is 0 Å². The summed E-state index contributed by atoms with van der Waals surface area (Å²) in [4.78, 5) is 2.38. The molecule has 1 nitrogen and oxygen atoms in total. The van der Waals surface area contributed by atoms with Crippen molar-refractivity contribution in [3.63, 3.8) is 0 Å². The van der Waals surface area contributed by atoms with Gasteiger partial charge in [-0.15, -0.1) is 23.2 Å². The molecule has 0 radical (unpaired) electrons. The number of hydrogen-bond donors (Lipinski definition) is 0. The van der Waals surface area contributed by atoms with E-state index < -0.39 is 15.8 Å². The number of alkyl halides is 2. The lowest BCUT2D eigenvalue weighted by Crippen LogP contribution is -2.26. The Morgan fingerprint density at radius 3 is 1.07 bits per heavy atom. The lowest BCUT2D eigenvalue weighted by Gasteiger charge is -2.30. The van der Waals surface area contributed by atoms with Gasteiger partial charge in [-0.3, -0.25) is 0 Å². The van der Waals surface area contributed by atoms with E-state index in [0.29, 0.717) is 0 Å². The summed E-state index contributed by atoms with van der Waals surface area (Å²) in [7, 11) is -1.64. The topological polar surface area (TPSA) is 9.23 Å². The molecule has 0 unspecified atom stereocenters. The van der Waals surface area contributed by atoms with Crippen LogP contribution in [0, 0.1) is 13.8 Å². The minimum atomic E-state index is -0.818. The van der Waals surface area contributed by atoms with E-state index in [1.54, 1.807) is 0 Å². The quantitative estimate of drug-likeness (QED) is 0.128. The van der Waals surface area contributed by atoms with Crippen LogP contribution in [0.25, 0.3) is 0 Å². The third-order valence-corrected chi connectivity index (χ3v) is 13.3. The van der Waals surface area contributed by atoms with Crippen LogP contribution >= 0.6 is 50.8 Å². The van der Waals surface area contributed by atoms with Gasteiger partial charge in [-0.05, 0) is 86.3 Å². The smallest absolute Gasteiger partial charge is 0.149 e. The molecule has 0 amide bonds. The number of hydrogen-bond acceptors (Lipinski definition) is 2. The lowest BCUT2D eigenvalue weighted by molar-refractivity contribution is 0.462. The molecule has 0 spiro atoms. The van der Waals surface area contributed by atoms with Gasteiger partial charge in [-0.1, -0.05) is 133 Å². The van der Waals surface area contributed by atoms with E-state index in [-0.39, 0.29) is 5.34 Å². The molecule has 45 heavy (non-hydrogen) atoms. The van der Waals surface area contributed by atoms with Crippen LogP contribution in [0.1, 0.15) is 11.1 Å². The highest BCUT2D eigenvalue weighted by molar-refractivity contribution is 7.99. The Hall–Kier alpha value is -3.09. The van der Waals surface area contributed by atoms with Crippen molar-refractivity contribution in [2.45, 2.75) is 23.6 Å². The zero-order valence-electron chi connectivity index (χ0n) is 25.0. The van der Waals surface area contributed by atoms with E-state index in [1.807, 2.05) is 11.8 Å². The number of aryl methyl sites for hydroxylation is 2. The second-order valence-corrected chi connectivity index (χ2v) is 16.8. The van der Waals surface area contributed by atoms with Crippen molar-refractivity contribution in [2.75, 3.05) is 5.34 Å². The summed E-state index contributed by atoms with van der Waals surface area (Å²) in [6, 6.07) is 52.9. The molecular formula is C39H32Cl2OP2S. The molecule has 0 N–H and O–H groups in total. The highest BCUT2D eigenvalue weighted by Gasteiger charge is 2.31. The molecule has 1 aliphatic heterocycles. The van der Waals surface area contributed by atoms with Crippen LogP contribution in [0.5, 0.6) is 11.5 Å². The lowest BCUT2D eigenvalue weighted by atomic mass is 10.2. The van der Waals surface area contributed by atoms with Crippen molar-refractivity contribution in [2.24, 2.45) is 0 Å². The van der Waals surface area contributed by atoms with Gasteiger partial charge in [-0.25, -0.2) is 0 Å². The first-order valence-corrected chi connectivity index (χ1v) is 19.2. The number of halogens is 2. The van der Waals surface area contributed by atoms with Gasteiger partial charge in [0, 0.05) is 10.6 Å². The minimum absolute atomic E-state index is 0.194. The SMILES string of the molecule is Cc1cc2c(c(P(c3ccccc3)c3ccccc3)c1)Oc1c(cc(C)cc1P(c1ccccc1)c1ccccc1)S2.ClCCl. The largest absolute Gasteiger partial charge is 0.454 e. The van der Waals surface area contributed by atoms with Gasteiger partial charge in [0.15, 0.2) is 0 Å². The molecule has 6 aromatic carbocycles. The minimum Gasteiger partial charge on any atom is -0.454 e. The maximum absolute atomic E-state index is 7.21. The average molecular weight is 682 g/mol. The maximum Gasteiger partial charge on any atom is 0.149 e. The standard InChI is InChI=1S/C38H30OP2S.CH2Cl2/c1-27-23-33(40(29-15-7-3-8-16-29)30-17-9-4-10-18-30)37-35(25-27)42-36-26-28(2)24-34(38(36)39-37)41(31-19-11-5-12-20-31)32-21-13-6-14-22-32;2-1-3/h3-26H,1-2H3;1H2. The number of fused-ring (bicyclic) bond motifs is 2. The van der Waals surface area contributed by atoms with Crippen molar-refractivity contribution >= 4 is 82.6 Å². The van der Waals surface area contributed by atoms with Gasteiger partial charge in [0.1, 0.15) is 11.5 Å². The monoisotopic (exact) mass is 680 g/mol. The van der Waals surface area contributed by atoms with Gasteiger partial charge in [-0.2, -0.15) is 0 Å². The van der Waals surface area contributed by atoms with Crippen LogP contribution in [0.15, 0.2) is 155 Å². The van der Waals surface area contributed by atoms with Crippen LogP contribution in [0.3, 0.4) is 0 Å². The summed E-state index contributed by atoms with van der Waals surface area (Å²) >= 11 is 11.4. The van der Waals surface area contributed by atoms with E-state index in [9.17, 15) is 0 Å².